The smallest absolute Gasteiger partial charge is 0.257 e. The molecule has 0 radical (unpaired) electrons. The maximum Gasteiger partial charge on any atom is 0.257 e. The van der Waals surface area contributed by atoms with Crippen molar-refractivity contribution in [3.05, 3.63) is 34.8 Å². The predicted molar refractivity (Wildman–Crippen MR) is 106 cm³/mol. The van der Waals surface area contributed by atoms with Crippen LogP contribution in [0.25, 0.3) is 0 Å². The second kappa shape index (κ2) is 8.57. The van der Waals surface area contributed by atoms with E-state index in [2.05, 4.69) is 37.3 Å². The first kappa shape index (κ1) is 18.8. The highest BCUT2D eigenvalue weighted by molar-refractivity contribution is 7.15. The molecule has 2 aromatic rings. The van der Waals surface area contributed by atoms with Crippen molar-refractivity contribution in [2.45, 2.75) is 6.42 Å². The summed E-state index contributed by atoms with van der Waals surface area (Å²) in [5, 5.41) is 12.5. The molecule has 140 valence electrons. The molecule has 1 saturated heterocycles. The summed E-state index contributed by atoms with van der Waals surface area (Å²) in [6.45, 7) is 5.08. The number of amides is 1. The van der Waals surface area contributed by atoms with E-state index < -0.39 is 0 Å². The van der Waals surface area contributed by atoms with Crippen molar-refractivity contribution in [1.82, 2.24) is 20.0 Å². The molecule has 1 aliphatic heterocycles. The van der Waals surface area contributed by atoms with Crippen molar-refractivity contribution < 1.29 is 4.79 Å². The third-order valence-electron chi connectivity index (χ3n) is 4.46. The number of carbonyl (C=O) groups excluding carboxylic acids is 1. The Hall–Kier alpha value is -2.03. The van der Waals surface area contributed by atoms with Gasteiger partial charge in [0.15, 0.2) is 0 Å². The van der Waals surface area contributed by atoms with Gasteiger partial charge in [-0.3, -0.25) is 10.1 Å². The van der Waals surface area contributed by atoms with E-state index in [-0.39, 0.29) is 5.91 Å². The summed E-state index contributed by atoms with van der Waals surface area (Å²) >= 11 is 1.43. The van der Waals surface area contributed by atoms with Gasteiger partial charge in [-0.15, -0.1) is 10.2 Å². The molecule has 1 aromatic heterocycles. The van der Waals surface area contributed by atoms with Crippen LogP contribution in [0.5, 0.6) is 0 Å². The second-order valence-electron chi connectivity index (χ2n) is 6.85. The largest absolute Gasteiger partial charge is 0.369 e. The topological polar surface area (TPSA) is 64.6 Å². The SMILES string of the molecule is CN(C)CCc1nnc(NC(=O)c2ccc(N3CCN(C)CC3)cc2)s1. The highest BCUT2D eigenvalue weighted by atomic mass is 32.1. The fourth-order valence-electron chi connectivity index (χ4n) is 2.78. The minimum atomic E-state index is -0.148. The van der Waals surface area contributed by atoms with Crippen molar-refractivity contribution in [2.75, 3.05) is 64.1 Å². The van der Waals surface area contributed by atoms with Crippen molar-refractivity contribution in [1.29, 1.82) is 0 Å². The fourth-order valence-corrected chi connectivity index (χ4v) is 3.51. The maximum atomic E-state index is 12.4. The molecule has 1 aromatic carbocycles. The molecule has 2 heterocycles. The number of hydrogen-bond acceptors (Lipinski definition) is 7. The molecular formula is C18H26N6OS. The molecule has 1 amide bonds. The van der Waals surface area contributed by atoms with Crippen LogP contribution in [0.2, 0.25) is 0 Å². The summed E-state index contributed by atoms with van der Waals surface area (Å²) in [6, 6.07) is 7.78. The zero-order valence-corrected chi connectivity index (χ0v) is 16.4. The Morgan fingerprint density at radius 1 is 1.15 bits per heavy atom. The van der Waals surface area contributed by atoms with Crippen LogP contribution >= 0.6 is 11.3 Å². The summed E-state index contributed by atoms with van der Waals surface area (Å²) < 4.78 is 0. The van der Waals surface area contributed by atoms with Crippen LogP contribution in [0.1, 0.15) is 15.4 Å². The number of hydrogen-bond donors (Lipinski definition) is 1. The average Bonchev–Trinajstić information content (AvgIpc) is 3.08. The van der Waals surface area contributed by atoms with Crippen molar-refractivity contribution >= 4 is 28.1 Å². The van der Waals surface area contributed by atoms with Gasteiger partial charge in [0, 0.05) is 50.4 Å². The third kappa shape index (κ3) is 5.00. The lowest BCUT2D eigenvalue weighted by Crippen LogP contribution is -2.44. The summed E-state index contributed by atoms with van der Waals surface area (Å²) in [6.07, 6.45) is 0.834. The van der Waals surface area contributed by atoms with Crippen LogP contribution < -0.4 is 10.2 Å². The van der Waals surface area contributed by atoms with Crippen LogP contribution in [0, 0.1) is 0 Å². The molecule has 3 rings (SSSR count). The molecule has 0 spiro atoms. The summed E-state index contributed by atoms with van der Waals surface area (Å²) in [4.78, 5) is 19.2. The lowest BCUT2D eigenvalue weighted by molar-refractivity contribution is 0.102. The van der Waals surface area contributed by atoms with Gasteiger partial charge >= 0.3 is 0 Å². The molecule has 1 N–H and O–H groups in total. The molecule has 1 fully saturated rings. The van der Waals surface area contributed by atoms with Crippen molar-refractivity contribution in [3.63, 3.8) is 0 Å². The normalized spacial score (nSPS) is 15.5. The van der Waals surface area contributed by atoms with Crippen LogP contribution in [0.4, 0.5) is 10.8 Å². The lowest BCUT2D eigenvalue weighted by Gasteiger charge is -2.34. The van der Waals surface area contributed by atoms with Crippen molar-refractivity contribution in [2.24, 2.45) is 0 Å². The van der Waals surface area contributed by atoms with Crippen LogP contribution in [-0.2, 0) is 6.42 Å². The molecular weight excluding hydrogens is 348 g/mol. The molecule has 0 bridgehead atoms. The quantitative estimate of drug-likeness (QED) is 0.829. The van der Waals surface area contributed by atoms with Gasteiger partial charge < -0.3 is 14.7 Å². The first-order valence-electron chi connectivity index (χ1n) is 8.83. The number of nitrogens with zero attached hydrogens (tertiary/aromatic N) is 5. The molecule has 0 saturated carbocycles. The maximum absolute atomic E-state index is 12.4. The molecule has 0 aliphatic carbocycles. The summed E-state index contributed by atoms with van der Waals surface area (Å²) in [5.41, 5.74) is 1.80. The number of piperazine rings is 1. The first-order chi connectivity index (χ1) is 12.5. The standard InChI is InChI=1S/C18H26N6OS/c1-22(2)9-8-16-20-21-18(26-16)19-17(25)14-4-6-15(7-5-14)24-12-10-23(3)11-13-24/h4-7H,8-13H2,1-3H3,(H,19,21,25). The third-order valence-corrected chi connectivity index (χ3v) is 5.36. The molecule has 0 atom stereocenters. The Labute approximate surface area is 158 Å². The molecule has 1 aliphatic rings. The van der Waals surface area contributed by atoms with Gasteiger partial charge in [-0.1, -0.05) is 11.3 Å². The van der Waals surface area contributed by atoms with Gasteiger partial charge in [0.2, 0.25) is 5.13 Å². The van der Waals surface area contributed by atoms with Gasteiger partial charge in [-0.05, 0) is 45.4 Å². The number of nitrogens with one attached hydrogen (secondary N) is 1. The molecule has 0 unspecified atom stereocenters. The highest BCUT2D eigenvalue weighted by Gasteiger charge is 2.15. The Morgan fingerprint density at radius 3 is 2.50 bits per heavy atom. The number of aromatic nitrogens is 2. The van der Waals surface area contributed by atoms with E-state index in [0.717, 1.165) is 49.8 Å². The lowest BCUT2D eigenvalue weighted by atomic mass is 10.1. The predicted octanol–water partition coefficient (Wildman–Crippen LogP) is 1.65. The average molecular weight is 375 g/mol. The zero-order valence-electron chi connectivity index (χ0n) is 15.6. The van der Waals surface area contributed by atoms with Crippen LogP contribution in [-0.4, -0.2) is 79.8 Å². The summed E-state index contributed by atoms with van der Waals surface area (Å²) in [5.74, 6) is -0.148. The minimum absolute atomic E-state index is 0.148. The first-order valence-corrected chi connectivity index (χ1v) is 9.65. The van der Waals surface area contributed by atoms with E-state index in [9.17, 15) is 4.79 Å². The zero-order chi connectivity index (χ0) is 18.5. The van der Waals surface area contributed by atoms with Gasteiger partial charge in [0.05, 0.1) is 0 Å². The molecule has 7 nitrogen and oxygen atoms in total. The Kier molecular flexibility index (Phi) is 6.18. The highest BCUT2D eigenvalue weighted by Crippen LogP contribution is 2.19. The Balaban J connectivity index is 1.56. The van der Waals surface area contributed by atoms with E-state index in [1.54, 1.807) is 0 Å². The van der Waals surface area contributed by atoms with E-state index in [1.165, 1.54) is 11.3 Å². The Bertz CT molecular complexity index is 722. The number of likely N-dealkylation sites (N-methyl/N-ethyl adjacent to an activating group) is 2. The van der Waals surface area contributed by atoms with Gasteiger partial charge in [0.1, 0.15) is 5.01 Å². The number of benzene rings is 1. The van der Waals surface area contributed by atoms with Gasteiger partial charge in [0.25, 0.3) is 5.91 Å². The van der Waals surface area contributed by atoms with E-state index in [1.807, 2.05) is 38.4 Å². The molecule has 8 heteroatoms. The van der Waals surface area contributed by atoms with Crippen LogP contribution in [0.15, 0.2) is 24.3 Å². The van der Waals surface area contributed by atoms with E-state index in [0.29, 0.717) is 10.7 Å². The number of rotatable bonds is 6. The monoisotopic (exact) mass is 374 g/mol. The van der Waals surface area contributed by atoms with Crippen molar-refractivity contribution in [3.8, 4) is 0 Å². The van der Waals surface area contributed by atoms with Gasteiger partial charge in [-0.25, -0.2) is 0 Å². The number of anilines is 2. The Morgan fingerprint density at radius 2 is 1.85 bits per heavy atom. The number of carbonyl (C=O) groups is 1. The molecule has 26 heavy (non-hydrogen) atoms. The van der Waals surface area contributed by atoms with E-state index in [4.69, 9.17) is 0 Å². The second-order valence-corrected chi connectivity index (χ2v) is 7.91. The van der Waals surface area contributed by atoms with E-state index >= 15 is 0 Å². The fraction of sp³-hybridized carbons (Fsp3) is 0.500. The minimum Gasteiger partial charge on any atom is -0.369 e. The van der Waals surface area contributed by atoms with Gasteiger partial charge in [-0.2, -0.15) is 0 Å². The van der Waals surface area contributed by atoms with Crippen LogP contribution in [0.3, 0.4) is 0 Å². The summed E-state index contributed by atoms with van der Waals surface area (Å²) in [7, 11) is 6.19.